The number of esters is 1. The largest absolute Gasteiger partial charge is 0.465 e. The first-order valence-electron chi connectivity index (χ1n) is 6.95. The van der Waals surface area contributed by atoms with Crippen molar-refractivity contribution >= 4 is 11.7 Å². The number of anilines is 1. The first-order chi connectivity index (χ1) is 10.6. The van der Waals surface area contributed by atoms with Gasteiger partial charge in [0.2, 0.25) is 0 Å². The molecule has 0 aliphatic carbocycles. The minimum absolute atomic E-state index is 0.272. The summed E-state index contributed by atoms with van der Waals surface area (Å²) in [7, 11) is 1.36. The van der Waals surface area contributed by atoms with Crippen molar-refractivity contribution in [1.82, 2.24) is 0 Å². The zero-order chi connectivity index (χ0) is 15.9. The predicted octanol–water partition coefficient (Wildman–Crippen LogP) is 1.91. The molecule has 0 aliphatic heterocycles. The monoisotopic (exact) mass is 301 g/mol. The minimum atomic E-state index is -0.781. The van der Waals surface area contributed by atoms with Gasteiger partial charge in [-0.1, -0.05) is 24.3 Å². The van der Waals surface area contributed by atoms with Crippen molar-refractivity contribution < 1.29 is 19.7 Å². The molecule has 0 aliphatic rings. The second kappa shape index (κ2) is 7.59. The van der Waals surface area contributed by atoms with Crippen molar-refractivity contribution in [1.29, 1.82) is 0 Å². The standard InChI is InChI=1S/C17H19NO4/c1-22-17(21)14-4-2-3-13(9-14)12-5-7-15(8-6-12)18-10-16(20)11-19/h2-9,16,18-20H,10-11H2,1H3. The Balaban J connectivity index is 2.11. The number of carbonyl (C=O) groups is 1. The summed E-state index contributed by atoms with van der Waals surface area (Å²) in [5, 5.41) is 21.1. The molecule has 2 rings (SSSR count). The third kappa shape index (κ3) is 4.07. The first kappa shape index (κ1) is 16.0. The summed E-state index contributed by atoms with van der Waals surface area (Å²) in [5.74, 6) is -0.363. The summed E-state index contributed by atoms with van der Waals surface area (Å²) in [6.07, 6.45) is -0.781. The van der Waals surface area contributed by atoms with Crippen LogP contribution < -0.4 is 5.32 Å². The summed E-state index contributed by atoms with van der Waals surface area (Å²) in [4.78, 5) is 11.6. The predicted molar refractivity (Wildman–Crippen MR) is 84.8 cm³/mol. The van der Waals surface area contributed by atoms with Crippen LogP contribution in [0.15, 0.2) is 48.5 Å². The van der Waals surface area contributed by atoms with Gasteiger partial charge in [0.05, 0.1) is 25.4 Å². The van der Waals surface area contributed by atoms with E-state index in [1.807, 2.05) is 36.4 Å². The van der Waals surface area contributed by atoms with Gasteiger partial charge in [0.1, 0.15) is 0 Å². The van der Waals surface area contributed by atoms with E-state index >= 15 is 0 Å². The van der Waals surface area contributed by atoms with Crippen LogP contribution in [0.4, 0.5) is 5.69 Å². The molecule has 0 aromatic heterocycles. The van der Waals surface area contributed by atoms with Gasteiger partial charge in [-0.3, -0.25) is 0 Å². The lowest BCUT2D eigenvalue weighted by atomic mass is 10.0. The van der Waals surface area contributed by atoms with E-state index in [-0.39, 0.29) is 19.1 Å². The molecule has 22 heavy (non-hydrogen) atoms. The Morgan fingerprint density at radius 2 is 1.91 bits per heavy atom. The van der Waals surface area contributed by atoms with Gasteiger partial charge >= 0.3 is 5.97 Å². The minimum Gasteiger partial charge on any atom is -0.465 e. The van der Waals surface area contributed by atoms with Crippen LogP contribution in [-0.2, 0) is 4.74 Å². The smallest absolute Gasteiger partial charge is 0.337 e. The van der Waals surface area contributed by atoms with Gasteiger partial charge in [0, 0.05) is 12.2 Å². The first-order valence-corrected chi connectivity index (χ1v) is 6.95. The van der Waals surface area contributed by atoms with E-state index in [1.165, 1.54) is 7.11 Å². The molecule has 0 heterocycles. The highest BCUT2D eigenvalue weighted by atomic mass is 16.5. The maximum Gasteiger partial charge on any atom is 0.337 e. The van der Waals surface area contributed by atoms with E-state index in [2.05, 4.69) is 5.32 Å². The van der Waals surface area contributed by atoms with E-state index in [9.17, 15) is 9.90 Å². The molecule has 116 valence electrons. The van der Waals surface area contributed by atoms with Gasteiger partial charge in [-0.25, -0.2) is 4.79 Å². The molecule has 0 bridgehead atoms. The maximum atomic E-state index is 11.6. The molecule has 0 fully saturated rings. The molecule has 5 heteroatoms. The molecule has 5 nitrogen and oxygen atoms in total. The fourth-order valence-corrected chi connectivity index (χ4v) is 2.02. The van der Waals surface area contributed by atoms with Crippen LogP contribution >= 0.6 is 0 Å². The molecular formula is C17H19NO4. The second-order valence-corrected chi connectivity index (χ2v) is 4.87. The number of benzene rings is 2. The zero-order valence-electron chi connectivity index (χ0n) is 12.3. The number of methoxy groups -OCH3 is 1. The lowest BCUT2D eigenvalue weighted by Gasteiger charge is -2.11. The molecule has 0 saturated carbocycles. The number of aliphatic hydroxyl groups excluding tert-OH is 2. The molecule has 1 unspecified atom stereocenters. The van der Waals surface area contributed by atoms with Gasteiger partial charge in [-0.05, 0) is 35.4 Å². The molecule has 2 aromatic rings. The topological polar surface area (TPSA) is 78.8 Å². The molecule has 3 N–H and O–H groups in total. The number of hydrogen-bond acceptors (Lipinski definition) is 5. The fraction of sp³-hybridized carbons (Fsp3) is 0.235. The molecular weight excluding hydrogens is 282 g/mol. The van der Waals surface area contributed by atoms with Crippen molar-refractivity contribution in [3.63, 3.8) is 0 Å². The van der Waals surface area contributed by atoms with Gasteiger partial charge in [0.15, 0.2) is 0 Å². The lowest BCUT2D eigenvalue weighted by molar-refractivity contribution is 0.0601. The SMILES string of the molecule is COC(=O)c1cccc(-c2ccc(NCC(O)CO)cc2)c1. The Hall–Kier alpha value is -2.37. The molecule has 0 amide bonds. The molecule has 0 radical (unpaired) electrons. The normalized spacial score (nSPS) is 11.8. The maximum absolute atomic E-state index is 11.6. The average Bonchev–Trinajstić information content (AvgIpc) is 2.59. The van der Waals surface area contributed by atoms with Crippen LogP contribution in [0.5, 0.6) is 0 Å². The van der Waals surface area contributed by atoms with Crippen LogP contribution in [0.1, 0.15) is 10.4 Å². The van der Waals surface area contributed by atoms with Crippen molar-refractivity contribution in [2.75, 3.05) is 25.6 Å². The average molecular weight is 301 g/mol. The van der Waals surface area contributed by atoms with Crippen LogP contribution in [0.3, 0.4) is 0 Å². The molecule has 0 spiro atoms. The number of carbonyl (C=O) groups excluding carboxylic acids is 1. The van der Waals surface area contributed by atoms with Crippen LogP contribution in [0.25, 0.3) is 11.1 Å². The van der Waals surface area contributed by atoms with Crippen molar-refractivity contribution in [2.45, 2.75) is 6.10 Å². The van der Waals surface area contributed by atoms with Crippen molar-refractivity contribution in [3.05, 3.63) is 54.1 Å². The summed E-state index contributed by atoms with van der Waals surface area (Å²) < 4.78 is 4.72. The molecule has 1 atom stereocenters. The number of rotatable bonds is 6. The highest BCUT2D eigenvalue weighted by molar-refractivity contribution is 5.91. The van der Waals surface area contributed by atoms with Crippen molar-refractivity contribution in [2.24, 2.45) is 0 Å². The van der Waals surface area contributed by atoms with E-state index in [4.69, 9.17) is 9.84 Å². The van der Waals surface area contributed by atoms with Gasteiger partial charge in [-0.15, -0.1) is 0 Å². The third-order valence-corrected chi connectivity index (χ3v) is 3.25. The van der Waals surface area contributed by atoms with Gasteiger partial charge in [0.25, 0.3) is 0 Å². The number of ether oxygens (including phenoxy) is 1. The Morgan fingerprint density at radius 3 is 2.55 bits per heavy atom. The Labute approximate surface area is 129 Å². The number of aliphatic hydroxyl groups is 2. The molecule has 0 saturated heterocycles. The van der Waals surface area contributed by atoms with E-state index in [0.717, 1.165) is 16.8 Å². The second-order valence-electron chi connectivity index (χ2n) is 4.87. The Bertz CT molecular complexity index is 625. The third-order valence-electron chi connectivity index (χ3n) is 3.25. The van der Waals surface area contributed by atoms with Crippen LogP contribution in [0.2, 0.25) is 0 Å². The van der Waals surface area contributed by atoms with Crippen LogP contribution in [0, 0.1) is 0 Å². The van der Waals surface area contributed by atoms with E-state index < -0.39 is 6.10 Å². The number of hydrogen-bond donors (Lipinski definition) is 3. The summed E-state index contributed by atoms with van der Waals surface area (Å²) in [6.45, 7) is 0.0130. The summed E-state index contributed by atoms with van der Waals surface area (Å²) in [5.41, 5.74) is 3.25. The molecule has 2 aromatic carbocycles. The van der Waals surface area contributed by atoms with Crippen molar-refractivity contribution in [3.8, 4) is 11.1 Å². The lowest BCUT2D eigenvalue weighted by Crippen LogP contribution is -2.22. The van der Waals surface area contributed by atoms with E-state index in [1.54, 1.807) is 12.1 Å². The van der Waals surface area contributed by atoms with Gasteiger partial charge in [-0.2, -0.15) is 0 Å². The van der Waals surface area contributed by atoms with Gasteiger partial charge < -0.3 is 20.3 Å². The highest BCUT2D eigenvalue weighted by Gasteiger charge is 2.07. The quantitative estimate of drug-likeness (QED) is 0.710. The van der Waals surface area contributed by atoms with Crippen LogP contribution in [-0.4, -0.2) is 42.5 Å². The fourth-order valence-electron chi connectivity index (χ4n) is 2.02. The summed E-state index contributed by atoms with van der Waals surface area (Å²) in [6, 6.07) is 14.8. The zero-order valence-corrected chi connectivity index (χ0v) is 12.3. The Morgan fingerprint density at radius 1 is 1.18 bits per heavy atom. The number of nitrogens with one attached hydrogen (secondary N) is 1. The highest BCUT2D eigenvalue weighted by Crippen LogP contribution is 2.22. The van der Waals surface area contributed by atoms with E-state index in [0.29, 0.717) is 5.56 Å². The summed E-state index contributed by atoms with van der Waals surface area (Å²) >= 11 is 0. The Kier molecular flexibility index (Phi) is 5.52.